The lowest BCUT2D eigenvalue weighted by Crippen LogP contribution is -2.39. The maximum Gasteiger partial charge on any atom is 0.241 e. The van der Waals surface area contributed by atoms with E-state index in [0.717, 1.165) is 31.6 Å². The van der Waals surface area contributed by atoms with Gasteiger partial charge in [-0.15, -0.1) is 0 Å². The molecule has 0 saturated carbocycles. The highest BCUT2D eigenvalue weighted by molar-refractivity contribution is 5.95. The molecule has 3 heteroatoms. The molecule has 3 nitrogen and oxygen atoms in total. The van der Waals surface area contributed by atoms with Crippen LogP contribution >= 0.6 is 0 Å². The van der Waals surface area contributed by atoms with Gasteiger partial charge in [0.15, 0.2) is 0 Å². The third kappa shape index (κ3) is 2.77. The molecule has 1 fully saturated rings. The Kier molecular flexibility index (Phi) is 3.86. The van der Waals surface area contributed by atoms with Gasteiger partial charge in [-0.25, -0.2) is 0 Å². The summed E-state index contributed by atoms with van der Waals surface area (Å²) in [7, 11) is 0. The highest BCUT2D eigenvalue weighted by atomic mass is 16.2. The Morgan fingerprint density at radius 1 is 1.00 bits per heavy atom. The molecule has 0 aromatic heterocycles. The first-order chi connectivity index (χ1) is 9.84. The average Bonchev–Trinajstić information content (AvgIpc) is 2.53. The van der Waals surface area contributed by atoms with Crippen molar-refractivity contribution in [1.29, 1.82) is 0 Å². The van der Waals surface area contributed by atoms with Crippen molar-refractivity contribution in [2.24, 2.45) is 0 Å². The zero-order chi connectivity index (χ0) is 13.8. The molecular formula is C17H20N2O. The largest absolute Gasteiger partial charge is 0.376 e. The summed E-state index contributed by atoms with van der Waals surface area (Å²) in [4.78, 5) is 14.1. The van der Waals surface area contributed by atoms with Crippen molar-refractivity contribution in [1.82, 2.24) is 4.90 Å². The number of hydrogen-bond donors (Lipinski definition) is 1. The molecule has 0 radical (unpaired) electrons. The Morgan fingerprint density at radius 3 is 2.60 bits per heavy atom. The van der Waals surface area contributed by atoms with Crippen LogP contribution in [0.1, 0.15) is 19.3 Å². The summed E-state index contributed by atoms with van der Waals surface area (Å²) in [6.45, 7) is 2.21. The molecule has 0 atom stereocenters. The number of nitrogens with one attached hydrogen (secondary N) is 1. The van der Waals surface area contributed by atoms with E-state index in [9.17, 15) is 4.79 Å². The molecule has 20 heavy (non-hydrogen) atoms. The molecule has 104 valence electrons. The molecule has 1 aliphatic heterocycles. The number of likely N-dealkylation sites (tertiary alicyclic amines) is 1. The van der Waals surface area contributed by atoms with Gasteiger partial charge in [0.05, 0.1) is 6.54 Å². The molecule has 1 N–H and O–H groups in total. The first-order valence-electron chi connectivity index (χ1n) is 7.34. The molecule has 1 amide bonds. The maximum atomic E-state index is 12.2. The van der Waals surface area contributed by atoms with Gasteiger partial charge in [0.2, 0.25) is 5.91 Å². The van der Waals surface area contributed by atoms with Crippen LogP contribution in [-0.4, -0.2) is 30.4 Å². The van der Waals surface area contributed by atoms with Crippen molar-refractivity contribution >= 4 is 22.4 Å². The van der Waals surface area contributed by atoms with E-state index in [0.29, 0.717) is 6.54 Å². The van der Waals surface area contributed by atoms with Gasteiger partial charge in [-0.1, -0.05) is 36.4 Å². The van der Waals surface area contributed by atoms with E-state index in [1.54, 1.807) is 0 Å². The Labute approximate surface area is 119 Å². The summed E-state index contributed by atoms with van der Waals surface area (Å²) in [5, 5.41) is 5.66. The van der Waals surface area contributed by atoms with Crippen LogP contribution in [0.15, 0.2) is 42.5 Å². The Morgan fingerprint density at radius 2 is 1.75 bits per heavy atom. The van der Waals surface area contributed by atoms with Crippen LogP contribution in [0.2, 0.25) is 0 Å². The molecule has 0 unspecified atom stereocenters. The SMILES string of the molecule is O=C(CNc1cccc2ccccc12)N1CCCCC1. The summed E-state index contributed by atoms with van der Waals surface area (Å²) in [5.74, 6) is 0.206. The summed E-state index contributed by atoms with van der Waals surface area (Å²) in [6.07, 6.45) is 3.53. The number of benzene rings is 2. The second-order valence-electron chi connectivity index (χ2n) is 5.32. The number of fused-ring (bicyclic) bond motifs is 1. The first-order valence-corrected chi connectivity index (χ1v) is 7.34. The fourth-order valence-electron chi connectivity index (χ4n) is 2.81. The van der Waals surface area contributed by atoms with Crippen LogP contribution in [0.3, 0.4) is 0 Å². The van der Waals surface area contributed by atoms with Gasteiger partial charge in [0.25, 0.3) is 0 Å². The molecule has 0 aliphatic carbocycles. The fraction of sp³-hybridized carbons (Fsp3) is 0.353. The molecule has 2 aromatic carbocycles. The van der Waals surface area contributed by atoms with Crippen LogP contribution < -0.4 is 5.32 Å². The minimum atomic E-state index is 0.206. The Balaban J connectivity index is 1.69. The number of nitrogens with zero attached hydrogens (tertiary/aromatic N) is 1. The van der Waals surface area contributed by atoms with Gasteiger partial charge in [-0.3, -0.25) is 4.79 Å². The molecule has 2 aromatic rings. The molecule has 0 spiro atoms. The third-order valence-corrected chi connectivity index (χ3v) is 3.93. The van der Waals surface area contributed by atoms with Crippen molar-refractivity contribution in [2.75, 3.05) is 25.0 Å². The maximum absolute atomic E-state index is 12.2. The summed E-state index contributed by atoms with van der Waals surface area (Å²) in [6, 6.07) is 14.4. The zero-order valence-electron chi connectivity index (χ0n) is 11.6. The smallest absolute Gasteiger partial charge is 0.241 e. The lowest BCUT2D eigenvalue weighted by atomic mass is 10.1. The van der Waals surface area contributed by atoms with Crippen molar-refractivity contribution in [3.8, 4) is 0 Å². The van der Waals surface area contributed by atoms with Crippen molar-refractivity contribution in [3.05, 3.63) is 42.5 Å². The van der Waals surface area contributed by atoms with Crippen LogP contribution in [0, 0.1) is 0 Å². The summed E-state index contributed by atoms with van der Waals surface area (Å²) < 4.78 is 0. The predicted molar refractivity (Wildman–Crippen MR) is 82.9 cm³/mol. The highest BCUT2D eigenvalue weighted by Gasteiger charge is 2.16. The van der Waals surface area contributed by atoms with Crippen molar-refractivity contribution < 1.29 is 4.79 Å². The van der Waals surface area contributed by atoms with Crippen LogP contribution in [0.25, 0.3) is 10.8 Å². The number of amides is 1. The average molecular weight is 268 g/mol. The first kappa shape index (κ1) is 13.0. The minimum Gasteiger partial charge on any atom is -0.376 e. The van der Waals surface area contributed by atoms with E-state index in [4.69, 9.17) is 0 Å². The Hall–Kier alpha value is -2.03. The van der Waals surface area contributed by atoms with Gasteiger partial charge >= 0.3 is 0 Å². The second kappa shape index (κ2) is 5.95. The van der Waals surface area contributed by atoms with Gasteiger partial charge in [-0.05, 0) is 30.7 Å². The monoisotopic (exact) mass is 268 g/mol. The number of hydrogen-bond acceptors (Lipinski definition) is 2. The Bertz CT molecular complexity index is 597. The molecule has 3 rings (SSSR count). The van der Waals surface area contributed by atoms with Gasteiger partial charge in [0, 0.05) is 24.2 Å². The number of rotatable bonds is 3. The van der Waals surface area contributed by atoms with E-state index < -0.39 is 0 Å². The third-order valence-electron chi connectivity index (χ3n) is 3.93. The summed E-state index contributed by atoms with van der Waals surface area (Å²) >= 11 is 0. The summed E-state index contributed by atoms with van der Waals surface area (Å²) in [5.41, 5.74) is 1.04. The lowest BCUT2D eigenvalue weighted by molar-refractivity contribution is -0.130. The van der Waals surface area contributed by atoms with Crippen LogP contribution in [0.4, 0.5) is 5.69 Å². The molecule has 1 aliphatic rings. The predicted octanol–water partition coefficient (Wildman–Crippen LogP) is 3.26. The van der Waals surface area contributed by atoms with Crippen LogP contribution in [-0.2, 0) is 4.79 Å². The van der Waals surface area contributed by atoms with Gasteiger partial charge in [-0.2, -0.15) is 0 Å². The second-order valence-corrected chi connectivity index (χ2v) is 5.32. The standard InChI is InChI=1S/C17H20N2O/c20-17(19-11-4-1-5-12-19)13-18-16-10-6-8-14-7-2-3-9-15(14)16/h2-3,6-10,18H,1,4-5,11-13H2. The molecule has 1 heterocycles. The minimum absolute atomic E-state index is 0.206. The van der Waals surface area contributed by atoms with Gasteiger partial charge < -0.3 is 10.2 Å². The molecule has 0 bridgehead atoms. The number of carbonyl (C=O) groups is 1. The number of anilines is 1. The van der Waals surface area contributed by atoms with E-state index in [1.165, 1.54) is 17.2 Å². The molecular weight excluding hydrogens is 248 g/mol. The number of piperidine rings is 1. The van der Waals surface area contributed by atoms with E-state index in [1.807, 2.05) is 29.2 Å². The lowest BCUT2D eigenvalue weighted by Gasteiger charge is -2.27. The normalized spacial score (nSPS) is 15.3. The van der Waals surface area contributed by atoms with Crippen molar-refractivity contribution in [2.45, 2.75) is 19.3 Å². The van der Waals surface area contributed by atoms with E-state index in [-0.39, 0.29) is 5.91 Å². The van der Waals surface area contributed by atoms with E-state index >= 15 is 0 Å². The topological polar surface area (TPSA) is 32.3 Å². The number of carbonyl (C=O) groups excluding carboxylic acids is 1. The zero-order valence-corrected chi connectivity index (χ0v) is 11.6. The van der Waals surface area contributed by atoms with E-state index in [2.05, 4.69) is 23.5 Å². The van der Waals surface area contributed by atoms with Crippen LogP contribution in [0.5, 0.6) is 0 Å². The highest BCUT2D eigenvalue weighted by Crippen LogP contribution is 2.22. The van der Waals surface area contributed by atoms with Gasteiger partial charge in [0.1, 0.15) is 0 Å². The molecule has 1 saturated heterocycles. The quantitative estimate of drug-likeness (QED) is 0.926. The van der Waals surface area contributed by atoms with Crippen molar-refractivity contribution in [3.63, 3.8) is 0 Å². The fourth-order valence-corrected chi connectivity index (χ4v) is 2.81.